The second-order valence-electron chi connectivity index (χ2n) is 5.58. The zero-order valence-corrected chi connectivity index (χ0v) is 11.9. The van der Waals surface area contributed by atoms with E-state index in [4.69, 9.17) is 0 Å². The lowest BCUT2D eigenvalue weighted by Gasteiger charge is -2.33. The van der Waals surface area contributed by atoms with Crippen LogP contribution in [0.2, 0.25) is 0 Å². The number of hydrogen-bond donors (Lipinski definition) is 0. The highest BCUT2D eigenvalue weighted by molar-refractivity contribution is 5.82. The number of nitrogens with zero attached hydrogens (tertiary/aromatic N) is 4. The number of fused-ring (bicyclic) bond motifs is 1. The maximum atomic E-state index is 4.38. The van der Waals surface area contributed by atoms with E-state index in [0.29, 0.717) is 6.04 Å². The van der Waals surface area contributed by atoms with Gasteiger partial charge in [0.1, 0.15) is 0 Å². The highest BCUT2D eigenvalue weighted by Crippen LogP contribution is 2.27. The molecule has 0 atom stereocenters. The Morgan fingerprint density at radius 3 is 2.71 bits per heavy atom. The molecule has 1 aliphatic heterocycles. The lowest BCUT2D eigenvalue weighted by molar-refractivity contribution is 0.367. The second kappa shape index (κ2) is 5.20. The first-order chi connectivity index (χ1) is 10.4. The fraction of sp³-hybridized carbons (Fsp3) is 0.294. The molecule has 0 bridgehead atoms. The third kappa shape index (κ3) is 2.37. The Kier molecular flexibility index (Phi) is 3.07. The summed E-state index contributed by atoms with van der Waals surface area (Å²) in [6.07, 6.45) is 8.07. The standard InChI is InChI=1S/C17H18N4/c1-3-14-13-16(4-5-17(14)18-8-1)20-11-6-15(7-12-20)21-10-2-9-19-21/h1-5,8-10,13,15H,6-7,11-12H2. The minimum absolute atomic E-state index is 0.540. The number of hydrogen-bond acceptors (Lipinski definition) is 3. The Hall–Kier alpha value is -2.36. The Balaban J connectivity index is 1.52. The summed E-state index contributed by atoms with van der Waals surface area (Å²) in [5, 5.41) is 5.58. The fourth-order valence-electron chi connectivity index (χ4n) is 3.14. The van der Waals surface area contributed by atoms with Crippen molar-refractivity contribution in [2.24, 2.45) is 0 Å². The van der Waals surface area contributed by atoms with E-state index < -0.39 is 0 Å². The van der Waals surface area contributed by atoms with Crippen molar-refractivity contribution >= 4 is 16.6 Å². The van der Waals surface area contributed by atoms with E-state index in [1.165, 1.54) is 11.1 Å². The summed E-state index contributed by atoms with van der Waals surface area (Å²) in [5.74, 6) is 0. The van der Waals surface area contributed by atoms with Crippen LogP contribution in [0, 0.1) is 0 Å². The van der Waals surface area contributed by atoms with Crippen molar-refractivity contribution in [2.45, 2.75) is 18.9 Å². The summed E-state index contributed by atoms with van der Waals surface area (Å²) < 4.78 is 2.10. The Labute approximate surface area is 124 Å². The highest BCUT2D eigenvalue weighted by atomic mass is 15.3. The molecule has 0 radical (unpaired) electrons. The van der Waals surface area contributed by atoms with E-state index in [0.717, 1.165) is 31.4 Å². The second-order valence-corrected chi connectivity index (χ2v) is 5.58. The molecule has 0 N–H and O–H groups in total. The maximum Gasteiger partial charge on any atom is 0.0703 e. The van der Waals surface area contributed by atoms with Gasteiger partial charge in [-0.25, -0.2) is 0 Å². The van der Waals surface area contributed by atoms with Crippen LogP contribution in [0.15, 0.2) is 55.0 Å². The van der Waals surface area contributed by atoms with Gasteiger partial charge in [0.05, 0.1) is 11.6 Å². The van der Waals surface area contributed by atoms with Gasteiger partial charge in [-0.05, 0) is 43.2 Å². The topological polar surface area (TPSA) is 34.0 Å². The van der Waals surface area contributed by atoms with Gasteiger partial charge in [-0.2, -0.15) is 5.10 Å². The predicted octanol–water partition coefficient (Wildman–Crippen LogP) is 3.27. The molecule has 21 heavy (non-hydrogen) atoms. The van der Waals surface area contributed by atoms with E-state index in [1.54, 1.807) is 0 Å². The highest BCUT2D eigenvalue weighted by Gasteiger charge is 2.20. The molecule has 0 aliphatic carbocycles. The summed E-state index contributed by atoms with van der Waals surface area (Å²) in [5.41, 5.74) is 2.36. The zero-order chi connectivity index (χ0) is 14.1. The van der Waals surface area contributed by atoms with E-state index in [2.05, 4.69) is 50.1 Å². The molecule has 3 heterocycles. The predicted molar refractivity (Wildman–Crippen MR) is 84.5 cm³/mol. The van der Waals surface area contributed by atoms with Gasteiger partial charge in [0.25, 0.3) is 0 Å². The van der Waals surface area contributed by atoms with Crippen molar-refractivity contribution < 1.29 is 0 Å². The molecule has 4 heteroatoms. The van der Waals surface area contributed by atoms with Crippen molar-refractivity contribution in [1.29, 1.82) is 0 Å². The average Bonchev–Trinajstić information content (AvgIpc) is 3.09. The van der Waals surface area contributed by atoms with Crippen molar-refractivity contribution in [3.05, 3.63) is 55.0 Å². The first kappa shape index (κ1) is 12.4. The number of anilines is 1. The summed E-state index contributed by atoms with van der Waals surface area (Å²) in [4.78, 5) is 6.85. The van der Waals surface area contributed by atoms with E-state index in [9.17, 15) is 0 Å². The van der Waals surface area contributed by atoms with Crippen LogP contribution in [0.3, 0.4) is 0 Å². The van der Waals surface area contributed by atoms with Gasteiger partial charge in [0.2, 0.25) is 0 Å². The van der Waals surface area contributed by atoms with Crippen molar-refractivity contribution in [1.82, 2.24) is 14.8 Å². The van der Waals surface area contributed by atoms with Gasteiger partial charge in [0, 0.05) is 42.8 Å². The first-order valence-electron chi connectivity index (χ1n) is 7.49. The first-order valence-corrected chi connectivity index (χ1v) is 7.49. The van der Waals surface area contributed by atoms with Gasteiger partial charge >= 0.3 is 0 Å². The molecule has 1 saturated heterocycles. The summed E-state index contributed by atoms with van der Waals surface area (Å²) >= 11 is 0. The molecule has 4 nitrogen and oxygen atoms in total. The van der Waals surface area contributed by atoms with Crippen LogP contribution in [-0.2, 0) is 0 Å². The number of benzene rings is 1. The van der Waals surface area contributed by atoms with Gasteiger partial charge < -0.3 is 4.90 Å². The summed E-state index contributed by atoms with van der Waals surface area (Å²) in [6.45, 7) is 2.16. The van der Waals surface area contributed by atoms with Gasteiger partial charge in [0.15, 0.2) is 0 Å². The van der Waals surface area contributed by atoms with Crippen LogP contribution >= 0.6 is 0 Å². The molecule has 3 aromatic rings. The molecule has 0 spiro atoms. The molecule has 0 amide bonds. The number of aromatic nitrogens is 3. The molecular formula is C17H18N4. The summed E-state index contributed by atoms with van der Waals surface area (Å²) in [6, 6.07) is 13.2. The molecular weight excluding hydrogens is 260 g/mol. The maximum absolute atomic E-state index is 4.38. The Bertz CT molecular complexity index is 727. The van der Waals surface area contributed by atoms with Crippen LogP contribution in [0.4, 0.5) is 5.69 Å². The van der Waals surface area contributed by atoms with E-state index >= 15 is 0 Å². The molecule has 0 unspecified atom stereocenters. The third-order valence-electron chi connectivity index (χ3n) is 4.32. The fourth-order valence-corrected chi connectivity index (χ4v) is 3.14. The van der Waals surface area contributed by atoms with Crippen LogP contribution in [-0.4, -0.2) is 27.9 Å². The van der Waals surface area contributed by atoms with Gasteiger partial charge in [-0.3, -0.25) is 9.67 Å². The Morgan fingerprint density at radius 2 is 1.90 bits per heavy atom. The van der Waals surface area contributed by atoms with Gasteiger partial charge in [-0.15, -0.1) is 0 Å². The quantitative estimate of drug-likeness (QED) is 0.721. The molecule has 1 aliphatic rings. The molecule has 0 saturated carbocycles. The molecule has 2 aromatic heterocycles. The zero-order valence-electron chi connectivity index (χ0n) is 11.9. The molecule has 1 fully saturated rings. The lowest BCUT2D eigenvalue weighted by atomic mass is 10.0. The third-order valence-corrected chi connectivity index (χ3v) is 4.32. The summed E-state index contributed by atoms with van der Waals surface area (Å²) in [7, 11) is 0. The number of rotatable bonds is 2. The van der Waals surface area contributed by atoms with Crippen molar-refractivity contribution in [3.8, 4) is 0 Å². The molecule has 1 aromatic carbocycles. The minimum atomic E-state index is 0.540. The Morgan fingerprint density at radius 1 is 1.00 bits per heavy atom. The smallest absolute Gasteiger partial charge is 0.0703 e. The van der Waals surface area contributed by atoms with Crippen LogP contribution in [0.5, 0.6) is 0 Å². The monoisotopic (exact) mass is 278 g/mol. The van der Waals surface area contributed by atoms with Crippen molar-refractivity contribution in [3.63, 3.8) is 0 Å². The average molecular weight is 278 g/mol. The van der Waals surface area contributed by atoms with Crippen LogP contribution in [0.1, 0.15) is 18.9 Å². The lowest BCUT2D eigenvalue weighted by Crippen LogP contribution is -2.34. The molecule has 4 rings (SSSR count). The van der Waals surface area contributed by atoms with Crippen molar-refractivity contribution in [2.75, 3.05) is 18.0 Å². The van der Waals surface area contributed by atoms with Gasteiger partial charge in [-0.1, -0.05) is 6.07 Å². The minimum Gasteiger partial charge on any atom is -0.371 e. The number of piperidine rings is 1. The number of pyridine rings is 1. The largest absolute Gasteiger partial charge is 0.371 e. The van der Waals surface area contributed by atoms with Crippen LogP contribution in [0.25, 0.3) is 10.9 Å². The molecule has 106 valence electrons. The van der Waals surface area contributed by atoms with E-state index in [1.807, 2.05) is 24.5 Å². The SMILES string of the molecule is c1cnc2ccc(N3CCC(n4cccn4)CC3)cc2c1. The normalized spacial score (nSPS) is 16.5. The van der Waals surface area contributed by atoms with E-state index in [-0.39, 0.29) is 0 Å². The van der Waals surface area contributed by atoms with Crippen LogP contribution < -0.4 is 4.90 Å².